The minimum Gasteiger partial charge on any atom is -0.497 e. The minimum atomic E-state index is -0.348. The first-order valence-electron chi connectivity index (χ1n) is 6.84. The fourth-order valence-electron chi connectivity index (χ4n) is 2.00. The summed E-state index contributed by atoms with van der Waals surface area (Å²) < 4.78 is 10.3. The van der Waals surface area contributed by atoms with Gasteiger partial charge in [0.1, 0.15) is 5.75 Å². The molecular formula is C17H13ClN2O3. The lowest BCUT2D eigenvalue weighted by atomic mass is 10.1. The van der Waals surface area contributed by atoms with Crippen molar-refractivity contribution in [1.29, 1.82) is 0 Å². The quantitative estimate of drug-likeness (QED) is 0.777. The van der Waals surface area contributed by atoms with E-state index in [-0.39, 0.29) is 11.6 Å². The normalized spacial score (nSPS) is 10.3. The number of rotatable bonds is 4. The molecule has 0 aliphatic carbocycles. The van der Waals surface area contributed by atoms with E-state index in [1.807, 2.05) is 0 Å². The molecule has 1 N–H and O–H groups in total. The fourth-order valence-corrected chi connectivity index (χ4v) is 2.13. The summed E-state index contributed by atoms with van der Waals surface area (Å²) >= 11 is 5.85. The second kappa shape index (κ2) is 6.54. The molecule has 0 bridgehead atoms. The van der Waals surface area contributed by atoms with Gasteiger partial charge in [-0.15, -0.1) is 0 Å². The van der Waals surface area contributed by atoms with E-state index < -0.39 is 0 Å². The molecule has 2 aromatic carbocycles. The summed E-state index contributed by atoms with van der Waals surface area (Å²) in [5.41, 5.74) is 1.64. The summed E-state index contributed by atoms with van der Waals surface area (Å²) in [6.07, 6.45) is 0. The lowest BCUT2D eigenvalue weighted by Gasteiger charge is -2.04. The Balaban J connectivity index is 1.74. The number of methoxy groups -OCH3 is 1. The van der Waals surface area contributed by atoms with Crippen molar-refractivity contribution in [3.63, 3.8) is 0 Å². The van der Waals surface area contributed by atoms with E-state index in [9.17, 15) is 4.79 Å². The Kier molecular flexibility index (Phi) is 4.30. The van der Waals surface area contributed by atoms with Crippen LogP contribution in [0.15, 0.2) is 59.1 Å². The maximum Gasteiger partial charge on any atom is 0.277 e. The number of benzene rings is 2. The van der Waals surface area contributed by atoms with Gasteiger partial charge >= 0.3 is 0 Å². The fraction of sp³-hybridized carbons (Fsp3) is 0.0588. The highest BCUT2D eigenvalue weighted by Crippen LogP contribution is 2.23. The zero-order valence-corrected chi connectivity index (χ0v) is 13.0. The van der Waals surface area contributed by atoms with Gasteiger partial charge in [0.25, 0.3) is 5.91 Å². The van der Waals surface area contributed by atoms with Crippen molar-refractivity contribution in [1.82, 2.24) is 5.16 Å². The van der Waals surface area contributed by atoms with Crippen molar-refractivity contribution in [2.24, 2.45) is 0 Å². The topological polar surface area (TPSA) is 64.4 Å². The highest BCUT2D eigenvalue weighted by Gasteiger charge is 2.14. The molecule has 5 nitrogen and oxygen atoms in total. The monoisotopic (exact) mass is 328 g/mol. The molecular weight excluding hydrogens is 316 g/mol. The van der Waals surface area contributed by atoms with Gasteiger partial charge in [-0.1, -0.05) is 16.8 Å². The number of ether oxygens (including phenoxy) is 1. The van der Waals surface area contributed by atoms with Crippen LogP contribution in [-0.2, 0) is 0 Å². The summed E-state index contributed by atoms with van der Waals surface area (Å²) in [5.74, 6) is 0.870. The maximum atomic E-state index is 12.2. The van der Waals surface area contributed by atoms with Gasteiger partial charge in [-0.2, -0.15) is 0 Å². The van der Waals surface area contributed by atoms with Crippen LogP contribution >= 0.6 is 11.6 Å². The molecule has 0 aliphatic heterocycles. The van der Waals surface area contributed by atoms with Crippen LogP contribution in [-0.4, -0.2) is 18.2 Å². The third-order valence-electron chi connectivity index (χ3n) is 3.22. The van der Waals surface area contributed by atoms with Gasteiger partial charge in [0, 0.05) is 22.3 Å². The molecule has 0 saturated heterocycles. The predicted octanol–water partition coefficient (Wildman–Crippen LogP) is 4.26. The molecule has 0 atom stereocenters. The number of carbonyl (C=O) groups is 1. The Morgan fingerprint density at radius 3 is 2.48 bits per heavy atom. The average Bonchev–Trinajstić information content (AvgIpc) is 3.06. The standard InChI is InChI=1S/C17H13ClN2O3/c1-22-14-8-6-13(7-9-14)19-17(21)15-10-16(23-20-15)11-2-4-12(18)5-3-11/h2-10H,1H3,(H,19,21). The van der Waals surface area contributed by atoms with E-state index in [4.69, 9.17) is 20.9 Å². The molecule has 0 radical (unpaired) electrons. The first-order valence-corrected chi connectivity index (χ1v) is 7.21. The smallest absolute Gasteiger partial charge is 0.277 e. The Labute approximate surface area is 137 Å². The summed E-state index contributed by atoms with van der Waals surface area (Å²) in [6.45, 7) is 0. The van der Waals surface area contributed by atoms with Gasteiger partial charge in [0.2, 0.25) is 0 Å². The van der Waals surface area contributed by atoms with Crippen LogP contribution in [0.2, 0.25) is 5.02 Å². The van der Waals surface area contributed by atoms with Crippen molar-refractivity contribution in [3.8, 4) is 17.1 Å². The number of halogens is 1. The van der Waals surface area contributed by atoms with Crippen LogP contribution < -0.4 is 10.1 Å². The highest BCUT2D eigenvalue weighted by atomic mass is 35.5. The summed E-state index contributed by atoms with van der Waals surface area (Å²) in [7, 11) is 1.58. The van der Waals surface area contributed by atoms with Crippen molar-refractivity contribution < 1.29 is 14.1 Å². The van der Waals surface area contributed by atoms with Crippen LogP contribution in [0.1, 0.15) is 10.5 Å². The highest BCUT2D eigenvalue weighted by molar-refractivity contribution is 6.30. The lowest BCUT2D eigenvalue weighted by molar-refractivity contribution is 0.101. The van der Waals surface area contributed by atoms with Crippen LogP contribution in [0.4, 0.5) is 5.69 Å². The van der Waals surface area contributed by atoms with Gasteiger partial charge in [-0.3, -0.25) is 4.79 Å². The molecule has 0 saturated carbocycles. The first kappa shape index (κ1) is 15.1. The molecule has 0 spiro atoms. The molecule has 3 rings (SSSR count). The number of aromatic nitrogens is 1. The molecule has 0 fully saturated rings. The van der Waals surface area contributed by atoms with Gasteiger partial charge in [-0.05, 0) is 48.5 Å². The van der Waals surface area contributed by atoms with Gasteiger partial charge in [-0.25, -0.2) is 0 Å². The van der Waals surface area contributed by atoms with E-state index in [0.717, 1.165) is 11.3 Å². The number of nitrogens with zero attached hydrogens (tertiary/aromatic N) is 1. The molecule has 3 aromatic rings. The van der Waals surface area contributed by atoms with E-state index in [1.165, 1.54) is 0 Å². The number of hydrogen-bond donors (Lipinski definition) is 1. The Morgan fingerprint density at radius 2 is 1.83 bits per heavy atom. The zero-order chi connectivity index (χ0) is 16.2. The molecule has 0 aliphatic rings. The van der Waals surface area contributed by atoms with Gasteiger partial charge in [0.15, 0.2) is 11.5 Å². The van der Waals surface area contributed by atoms with E-state index in [0.29, 0.717) is 16.5 Å². The number of hydrogen-bond acceptors (Lipinski definition) is 4. The lowest BCUT2D eigenvalue weighted by Crippen LogP contribution is -2.11. The maximum absolute atomic E-state index is 12.2. The Morgan fingerprint density at radius 1 is 1.13 bits per heavy atom. The Hall–Kier alpha value is -2.79. The Bertz CT molecular complexity index is 811. The largest absolute Gasteiger partial charge is 0.497 e. The van der Waals surface area contributed by atoms with Gasteiger partial charge in [0.05, 0.1) is 7.11 Å². The number of carbonyl (C=O) groups excluding carboxylic acids is 1. The molecule has 23 heavy (non-hydrogen) atoms. The summed E-state index contributed by atoms with van der Waals surface area (Å²) in [4.78, 5) is 12.2. The van der Waals surface area contributed by atoms with Crippen LogP contribution in [0, 0.1) is 0 Å². The summed E-state index contributed by atoms with van der Waals surface area (Å²) in [6, 6.07) is 15.7. The third-order valence-corrected chi connectivity index (χ3v) is 3.47. The van der Waals surface area contributed by atoms with Crippen LogP contribution in [0.25, 0.3) is 11.3 Å². The molecule has 1 aromatic heterocycles. The van der Waals surface area contributed by atoms with E-state index in [2.05, 4.69) is 10.5 Å². The molecule has 116 valence electrons. The van der Waals surface area contributed by atoms with Crippen LogP contribution in [0.5, 0.6) is 5.75 Å². The third kappa shape index (κ3) is 3.52. The molecule has 1 heterocycles. The van der Waals surface area contributed by atoms with E-state index >= 15 is 0 Å². The van der Waals surface area contributed by atoms with Gasteiger partial charge < -0.3 is 14.6 Å². The van der Waals surface area contributed by atoms with Crippen molar-refractivity contribution in [2.75, 3.05) is 12.4 Å². The first-order chi connectivity index (χ1) is 11.2. The number of amides is 1. The number of nitrogens with one attached hydrogen (secondary N) is 1. The zero-order valence-electron chi connectivity index (χ0n) is 12.2. The van der Waals surface area contributed by atoms with Crippen molar-refractivity contribution in [2.45, 2.75) is 0 Å². The second-order valence-corrected chi connectivity index (χ2v) is 5.20. The molecule has 1 amide bonds. The SMILES string of the molecule is COc1ccc(NC(=O)c2cc(-c3ccc(Cl)cc3)on2)cc1. The molecule has 6 heteroatoms. The molecule has 0 unspecified atom stereocenters. The van der Waals surface area contributed by atoms with Crippen molar-refractivity contribution >= 4 is 23.2 Å². The van der Waals surface area contributed by atoms with E-state index in [1.54, 1.807) is 61.7 Å². The van der Waals surface area contributed by atoms with Crippen LogP contribution in [0.3, 0.4) is 0 Å². The van der Waals surface area contributed by atoms with Crippen molar-refractivity contribution in [3.05, 3.63) is 65.3 Å². The minimum absolute atomic E-state index is 0.200. The second-order valence-electron chi connectivity index (χ2n) is 4.77. The summed E-state index contributed by atoms with van der Waals surface area (Å²) in [5, 5.41) is 7.18. The number of anilines is 1. The predicted molar refractivity (Wildman–Crippen MR) is 87.9 cm³/mol. The average molecular weight is 329 g/mol.